The van der Waals surface area contributed by atoms with Crippen molar-refractivity contribution < 1.29 is 26.4 Å². The molecular formula is C17H27F3O3Si. The molecule has 0 fully saturated rings. The van der Waals surface area contributed by atoms with Gasteiger partial charge in [0.15, 0.2) is 0 Å². The Morgan fingerprint density at radius 1 is 0.792 bits per heavy atom. The van der Waals surface area contributed by atoms with Crippen molar-refractivity contribution in [2.45, 2.75) is 52.5 Å². The van der Waals surface area contributed by atoms with Crippen molar-refractivity contribution in [2.75, 3.05) is 19.8 Å². The second kappa shape index (κ2) is 10.9. The third kappa shape index (κ3) is 6.55. The van der Waals surface area contributed by atoms with Crippen LogP contribution in [0.5, 0.6) is 0 Å². The average molecular weight is 364 g/mol. The Hall–Kier alpha value is -0.893. The predicted molar refractivity (Wildman–Crippen MR) is 89.3 cm³/mol. The van der Waals surface area contributed by atoms with E-state index in [9.17, 15) is 13.2 Å². The van der Waals surface area contributed by atoms with Gasteiger partial charge in [-0.15, -0.1) is 0 Å². The summed E-state index contributed by atoms with van der Waals surface area (Å²) >= 11 is 0. The van der Waals surface area contributed by atoms with Crippen LogP contribution < -0.4 is 0 Å². The average Bonchev–Trinajstić information content (AvgIpc) is 2.50. The SMILES string of the molecule is CCO[Si](CCCCCc1c(F)cc(F)cc1F)(OCC)OCC. The summed E-state index contributed by atoms with van der Waals surface area (Å²) in [5.41, 5.74) is -0.0562. The van der Waals surface area contributed by atoms with Crippen molar-refractivity contribution >= 4 is 8.80 Å². The van der Waals surface area contributed by atoms with E-state index in [1.165, 1.54) is 0 Å². The fourth-order valence-electron chi connectivity index (χ4n) is 2.63. The maximum absolute atomic E-state index is 13.6. The fraction of sp³-hybridized carbons (Fsp3) is 0.647. The molecule has 0 heterocycles. The molecule has 0 bridgehead atoms. The molecule has 1 rings (SSSR count). The van der Waals surface area contributed by atoms with Gasteiger partial charge in [-0.1, -0.05) is 6.42 Å². The molecule has 0 aromatic heterocycles. The molecule has 0 spiro atoms. The molecule has 0 amide bonds. The summed E-state index contributed by atoms with van der Waals surface area (Å²) in [7, 11) is -2.65. The molecule has 0 radical (unpaired) electrons. The second-order valence-corrected chi connectivity index (χ2v) is 8.12. The maximum Gasteiger partial charge on any atom is 0.500 e. The van der Waals surface area contributed by atoms with E-state index in [-0.39, 0.29) is 12.0 Å². The summed E-state index contributed by atoms with van der Waals surface area (Å²) in [6, 6.07) is 2.11. The molecule has 0 atom stereocenters. The van der Waals surface area contributed by atoms with Crippen molar-refractivity contribution in [3.05, 3.63) is 35.1 Å². The first-order valence-electron chi connectivity index (χ1n) is 8.53. The predicted octanol–water partition coefficient (Wildman–Crippen LogP) is 4.87. The number of benzene rings is 1. The normalized spacial score (nSPS) is 11.9. The van der Waals surface area contributed by atoms with E-state index in [0.29, 0.717) is 32.3 Å². The summed E-state index contributed by atoms with van der Waals surface area (Å²) in [6.07, 6.45) is 2.40. The van der Waals surface area contributed by atoms with Crippen LogP contribution >= 0.6 is 0 Å². The molecule has 0 saturated heterocycles. The Bertz CT molecular complexity index is 460. The third-order valence-electron chi connectivity index (χ3n) is 3.61. The minimum absolute atomic E-state index is 0.0562. The topological polar surface area (TPSA) is 27.7 Å². The molecule has 138 valence electrons. The van der Waals surface area contributed by atoms with Gasteiger partial charge in [0.1, 0.15) is 17.5 Å². The van der Waals surface area contributed by atoms with Crippen LogP contribution in [0.25, 0.3) is 0 Å². The van der Waals surface area contributed by atoms with Crippen LogP contribution in [-0.4, -0.2) is 28.6 Å². The summed E-state index contributed by atoms with van der Waals surface area (Å²) in [5.74, 6) is -2.54. The van der Waals surface area contributed by atoms with Crippen LogP contribution in [0.1, 0.15) is 45.6 Å². The van der Waals surface area contributed by atoms with Crippen molar-refractivity contribution in [3.63, 3.8) is 0 Å². The molecule has 0 aliphatic carbocycles. The molecule has 24 heavy (non-hydrogen) atoms. The number of hydrogen-bond acceptors (Lipinski definition) is 3. The molecule has 0 unspecified atom stereocenters. The number of hydrogen-bond donors (Lipinski definition) is 0. The first-order valence-corrected chi connectivity index (χ1v) is 10.5. The van der Waals surface area contributed by atoms with E-state index in [2.05, 4.69) is 0 Å². The van der Waals surface area contributed by atoms with E-state index in [4.69, 9.17) is 13.3 Å². The molecule has 1 aromatic rings. The van der Waals surface area contributed by atoms with Crippen molar-refractivity contribution in [3.8, 4) is 0 Å². The molecule has 0 N–H and O–H groups in total. The van der Waals surface area contributed by atoms with Crippen LogP contribution in [0, 0.1) is 17.5 Å². The lowest BCUT2D eigenvalue weighted by Gasteiger charge is -2.28. The Kier molecular flexibility index (Phi) is 9.58. The van der Waals surface area contributed by atoms with Gasteiger partial charge in [0.2, 0.25) is 0 Å². The fourth-order valence-corrected chi connectivity index (χ4v) is 5.32. The lowest BCUT2D eigenvalue weighted by Crippen LogP contribution is -2.45. The summed E-state index contributed by atoms with van der Waals surface area (Å²) < 4.78 is 57.3. The molecule has 7 heteroatoms. The molecule has 0 saturated carbocycles. The zero-order chi connectivity index (χ0) is 18.0. The standard InChI is InChI=1S/C17H27F3O3Si/c1-4-21-24(22-5-2,23-6-3)11-9-7-8-10-15-16(19)12-14(18)13-17(15)20/h12-13H,4-11H2,1-3H3. The van der Waals surface area contributed by atoms with Gasteiger partial charge in [-0.25, -0.2) is 13.2 Å². The van der Waals surface area contributed by atoms with Gasteiger partial charge in [0.25, 0.3) is 0 Å². The molecule has 3 nitrogen and oxygen atoms in total. The molecule has 0 aliphatic rings. The van der Waals surface area contributed by atoms with Gasteiger partial charge in [-0.3, -0.25) is 0 Å². The largest absolute Gasteiger partial charge is 0.500 e. The van der Waals surface area contributed by atoms with Crippen LogP contribution in [0.3, 0.4) is 0 Å². The van der Waals surface area contributed by atoms with Crippen LogP contribution in [0.15, 0.2) is 12.1 Å². The Balaban J connectivity index is 2.49. The molecular weight excluding hydrogens is 337 g/mol. The quantitative estimate of drug-likeness (QED) is 0.391. The van der Waals surface area contributed by atoms with Crippen LogP contribution in [0.2, 0.25) is 6.04 Å². The Morgan fingerprint density at radius 2 is 1.29 bits per heavy atom. The van der Waals surface area contributed by atoms with Gasteiger partial charge in [-0.2, -0.15) is 0 Å². The first kappa shape index (κ1) is 21.2. The Labute approximate surface area is 143 Å². The van der Waals surface area contributed by atoms with Crippen molar-refractivity contribution in [2.24, 2.45) is 0 Å². The second-order valence-electron chi connectivity index (χ2n) is 5.39. The van der Waals surface area contributed by atoms with Crippen molar-refractivity contribution in [1.82, 2.24) is 0 Å². The monoisotopic (exact) mass is 364 g/mol. The van der Waals surface area contributed by atoms with Crippen LogP contribution in [0.4, 0.5) is 13.2 Å². The number of unbranched alkanes of at least 4 members (excludes halogenated alkanes) is 2. The van der Waals surface area contributed by atoms with E-state index >= 15 is 0 Å². The summed E-state index contributed by atoms with van der Waals surface area (Å²) in [6.45, 7) is 7.29. The number of halogens is 3. The van der Waals surface area contributed by atoms with Crippen LogP contribution in [-0.2, 0) is 19.7 Å². The highest BCUT2D eigenvalue weighted by Crippen LogP contribution is 2.22. The molecule has 1 aromatic carbocycles. The molecule has 0 aliphatic heterocycles. The lowest BCUT2D eigenvalue weighted by molar-refractivity contribution is 0.0706. The van der Waals surface area contributed by atoms with E-state index in [1.54, 1.807) is 0 Å². The highest BCUT2D eigenvalue weighted by molar-refractivity contribution is 6.60. The van der Waals surface area contributed by atoms with E-state index in [1.807, 2.05) is 20.8 Å². The number of rotatable bonds is 12. The van der Waals surface area contributed by atoms with Gasteiger partial charge >= 0.3 is 8.80 Å². The minimum atomic E-state index is -2.65. The van der Waals surface area contributed by atoms with E-state index < -0.39 is 26.3 Å². The van der Waals surface area contributed by atoms with Gasteiger partial charge < -0.3 is 13.3 Å². The minimum Gasteiger partial charge on any atom is -0.374 e. The van der Waals surface area contributed by atoms with Gasteiger partial charge in [0.05, 0.1) is 0 Å². The zero-order valence-corrected chi connectivity index (χ0v) is 15.7. The summed E-state index contributed by atoms with van der Waals surface area (Å²) in [4.78, 5) is 0. The maximum atomic E-state index is 13.6. The zero-order valence-electron chi connectivity index (χ0n) is 14.7. The van der Waals surface area contributed by atoms with E-state index in [0.717, 1.165) is 25.0 Å². The first-order chi connectivity index (χ1) is 11.5. The Morgan fingerprint density at radius 3 is 1.75 bits per heavy atom. The van der Waals surface area contributed by atoms with Gasteiger partial charge in [0, 0.05) is 43.6 Å². The summed E-state index contributed by atoms with van der Waals surface area (Å²) in [5, 5.41) is 0. The van der Waals surface area contributed by atoms with Gasteiger partial charge in [-0.05, 0) is 40.0 Å². The smallest absolute Gasteiger partial charge is 0.374 e. The lowest BCUT2D eigenvalue weighted by atomic mass is 10.1. The highest BCUT2D eigenvalue weighted by atomic mass is 28.4. The highest BCUT2D eigenvalue weighted by Gasteiger charge is 2.39. The van der Waals surface area contributed by atoms with Crippen molar-refractivity contribution in [1.29, 1.82) is 0 Å². The third-order valence-corrected chi connectivity index (χ3v) is 6.76.